The molecule has 4 rings (SSSR count). The summed E-state index contributed by atoms with van der Waals surface area (Å²) >= 11 is 0. The quantitative estimate of drug-likeness (QED) is 0.0247. The molecular formula is C68H110BaO6S2. The Bertz CT molecular complexity index is 2160. The summed E-state index contributed by atoms with van der Waals surface area (Å²) in [7, 11) is -8.92. The van der Waals surface area contributed by atoms with Crippen LogP contribution in [0.1, 0.15) is 307 Å². The molecule has 0 saturated carbocycles. The third-order valence-electron chi connectivity index (χ3n) is 16.0. The van der Waals surface area contributed by atoms with Gasteiger partial charge in [-0.05, 0) is 119 Å². The normalized spacial score (nSPS) is 11.8. The predicted molar refractivity (Wildman–Crippen MR) is 332 cm³/mol. The van der Waals surface area contributed by atoms with Gasteiger partial charge in [-0.3, -0.25) is 0 Å². The maximum Gasteiger partial charge on any atom is 2.00 e. The summed E-state index contributed by atoms with van der Waals surface area (Å²) in [5.74, 6) is 0. The van der Waals surface area contributed by atoms with E-state index in [9.17, 15) is 25.9 Å². The number of benzene rings is 4. The van der Waals surface area contributed by atoms with Gasteiger partial charge in [0.15, 0.2) is 0 Å². The van der Waals surface area contributed by atoms with Gasteiger partial charge in [-0.15, -0.1) is 0 Å². The first-order valence-corrected chi connectivity index (χ1v) is 34.8. The fourth-order valence-electron chi connectivity index (χ4n) is 11.2. The van der Waals surface area contributed by atoms with Crippen molar-refractivity contribution in [2.75, 3.05) is 0 Å². The van der Waals surface area contributed by atoms with Crippen molar-refractivity contribution in [2.45, 2.75) is 320 Å². The summed E-state index contributed by atoms with van der Waals surface area (Å²) in [6, 6.07) is 19.1. The Hall–Kier alpha value is -1.21. The second-order valence-corrected chi connectivity index (χ2v) is 25.7. The Balaban J connectivity index is 0.000000520. The molecule has 0 atom stereocenters. The first kappa shape index (κ1) is 71.9. The molecule has 6 nitrogen and oxygen atoms in total. The van der Waals surface area contributed by atoms with Gasteiger partial charge in [-0.1, -0.05) is 295 Å². The van der Waals surface area contributed by atoms with Crippen LogP contribution in [0.4, 0.5) is 0 Å². The molecule has 0 N–H and O–H groups in total. The van der Waals surface area contributed by atoms with Crippen molar-refractivity contribution >= 4 is 90.7 Å². The SMILES string of the molecule is CCCCCCCCCCCCc1ccc2cc(S(=O)(=O)[O-])cc(CCCCCCCCCCCC)c2c1.CCCCCCCCCCCCc1ccc2cc(S(=O)(=O)[O-])cc(CCCCCCCCCCCC)c2c1.[Ba+2]. The third kappa shape index (κ3) is 33.5. The van der Waals surface area contributed by atoms with E-state index < -0.39 is 20.2 Å². The van der Waals surface area contributed by atoms with Crippen LogP contribution >= 0.6 is 0 Å². The van der Waals surface area contributed by atoms with E-state index in [1.54, 1.807) is 24.3 Å². The third-order valence-corrected chi connectivity index (χ3v) is 17.6. The summed E-state index contributed by atoms with van der Waals surface area (Å²) < 4.78 is 70.8. The van der Waals surface area contributed by atoms with Gasteiger partial charge in [0.2, 0.25) is 0 Å². The zero-order chi connectivity index (χ0) is 55.0. The van der Waals surface area contributed by atoms with Gasteiger partial charge in [0, 0.05) is 0 Å². The van der Waals surface area contributed by atoms with E-state index in [0.717, 1.165) is 84.0 Å². The van der Waals surface area contributed by atoms with Crippen LogP contribution in [-0.4, -0.2) is 74.8 Å². The second kappa shape index (κ2) is 45.3. The zero-order valence-electron chi connectivity index (χ0n) is 49.9. The van der Waals surface area contributed by atoms with Gasteiger partial charge in [0.05, 0.1) is 9.79 Å². The molecule has 4 aromatic rings. The number of hydrogen-bond donors (Lipinski definition) is 0. The van der Waals surface area contributed by atoms with Crippen LogP contribution in [0.3, 0.4) is 0 Å². The smallest absolute Gasteiger partial charge is 0.744 e. The molecule has 4 aromatic carbocycles. The van der Waals surface area contributed by atoms with Gasteiger partial charge in [-0.25, -0.2) is 16.8 Å². The van der Waals surface area contributed by atoms with E-state index in [1.165, 1.54) is 242 Å². The van der Waals surface area contributed by atoms with Crippen LogP contribution in [0.15, 0.2) is 70.5 Å². The van der Waals surface area contributed by atoms with E-state index >= 15 is 0 Å². The monoisotopic (exact) mass is 1220 g/mol. The fraction of sp³-hybridized carbons (Fsp3) is 0.706. The Morgan fingerprint density at radius 3 is 0.740 bits per heavy atom. The van der Waals surface area contributed by atoms with Crippen LogP contribution in [0, 0.1) is 0 Å². The van der Waals surface area contributed by atoms with Crippen molar-refractivity contribution in [1.82, 2.24) is 0 Å². The average Bonchev–Trinajstić information content (AvgIpc) is 3.40. The Kier molecular flexibility index (Phi) is 42.3. The molecule has 0 aliphatic heterocycles. The van der Waals surface area contributed by atoms with Crippen molar-refractivity contribution in [1.29, 1.82) is 0 Å². The standard InChI is InChI=1S/2C34H56O3S.Ba/c2*1-3-5-7-9-11-13-15-17-19-21-23-30-25-26-32-29-33(38(35,36)37)28-31(34(32)27-30)24-22-20-18-16-14-12-10-8-6-4-2;/h2*25-29H,3-24H2,1-2H3,(H,35,36,37);/q;;+2/p-2. The number of unbranched alkanes of at least 4 members (excludes halogenated alkanes) is 36. The molecule has 0 saturated heterocycles. The predicted octanol–water partition coefficient (Wildman–Crippen LogP) is 21.0. The van der Waals surface area contributed by atoms with Gasteiger partial charge in [-0.2, -0.15) is 0 Å². The van der Waals surface area contributed by atoms with E-state index in [-0.39, 0.29) is 58.7 Å². The summed E-state index contributed by atoms with van der Waals surface area (Å²) in [5, 5.41) is 3.99. The van der Waals surface area contributed by atoms with Crippen molar-refractivity contribution in [3.63, 3.8) is 0 Å². The van der Waals surface area contributed by atoms with Crippen LogP contribution in [0.5, 0.6) is 0 Å². The van der Waals surface area contributed by atoms with Gasteiger partial charge < -0.3 is 9.11 Å². The summed E-state index contributed by atoms with van der Waals surface area (Å²) in [6.07, 6.45) is 56.0. The Labute approximate surface area is 514 Å². The van der Waals surface area contributed by atoms with Gasteiger partial charge in [0.25, 0.3) is 0 Å². The minimum Gasteiger partial charge on any atom is -0.744 e. The zero-order valence-corrected chi connectivity index (χ0v) is 55.9. The molecule has 0 aliphatic carbocycles. The topological polar surface area (TPSA) is 114 Å². The largest absolute Gasteiger partial charge is 2.00 e. The summed E-state index contributed by atoms with van der Waals surface area (Å²) in [6.45, 7) is 9.04. The molecule has 0 aromatic heterocycles. The Morgan fingerprint density at radius 1 is 0.286 bits per heavy atom. The van der Waals surface area contributed by atoms with Crippen molar-refractivity contribution in [2.24, 2.45) is 0 Å². The van der Waals surface area contributed by atoms with Crippen LogP contribution < -0.4 is 0 Å². The molecule has 0 bridgehead atoms. The molecule has 9 heteroatoms. The average molecular weight is 1230 g/mol. The van der Waals surface area contributed by atoms with Crippen LogP contribution in [-0.2, 0) is 45.9 Å². The Morgan fingerprint density at radius 2 is 0.506 bits per heavy atom. The molecule has 0 unspecified atom stereocenters. The molecule has 432 valence electrons. The van der Waals surface area contributed by atoms with E-state index in [0.29, 0.717) is 0 Å². The number of fused-ring (bicyclic) bond motifs is 2. The maximum absolute atomic E-state index is 11.8. The fourth-order valence-corrected chi connectivity index (χ4v) is 12.3. The summed E-state index contributed by atoms with van der Waals surface area (Å²) in [4.78, 5) is -0.177. The van der Waals surface area contributed by atoms with E-state index in [2.05, 4.69) is 52.0 Å². The molecular weight excluding hydrogens is 1110 g/mol. The first-order valence-electron chi connectivity index (χ1n) is 31.9. The molecule has 0 amide bonds. The van der Waals surface area contributed by atoms with Crippen molar-refractivity contribution in [3.8, 4) is 0 Å². The summed E-state index contributed by atoms with van der Waals surface area (Å²) in [5.41, 5.74) is 4.67. The number of hydrogen-bond acceptors (Lipinski definition) is 6. The van der Waals surface area contributed by atoms with Crippen LogP contribution in [0.2, 0.25) is 0 Å². The number of rotatable bonds is 46. The van der Waals surface area contributed by atoms with Crippen molar-refractivity contribution in [3.05, 3.63) is 82.9 Å². The molecule has 0 heterocycles. The van der Waals surface area contributed by atoms with Crippen LogP contribution in [0.25, 0.3) is 21.5 Å². The van der Waals surface area contributed by atoms with Gasteiger partial charge in [0.1, 0.15) is 20.2 Å². The molecule has 77 heavy (non-hydrogen) atoms. The number of aryl methyl sites for hydroxylation is 4. The molecule has 0 fully saturated rings. The minimum atomic E-state index is -4.46. The van der Waals surface area contributed by atoms with E-state index in [1.807, 2.05) is 12.1 Å². The minimum absolute atomic E-state index is 0. The first-order chi connectivity index (χ1) is 36.9. The molecule has 0 spiro atoms. The molecule has 0 radical (unpaired) electrons. The van der Waals surface area contributed by atoms with Crippen molar-refractivity contribution < 1.29 is 25.9 Å². The molecule has 0 aliphatic rings. The van der Waals surface area contributed by atoms with E-state index in [4.69, 9.17) is 0 Å². The second-order valence-electron chi connectivity index (χ2n) is 22.9. The maximum atomic E-state index is 11.8. The van der Waals surface area contributed by atoms with Gasteiger partial charge >= 0.3 is 48.9 Å².